The minimum absolute atomic E-state index is 0.140. The highest BCUT2D eigenvalue weighted by Crippen LogP contribution is 2.39. The molecule has 0 saturated carbocycles. The average Bonchev–Trinajstić information content (AvgIpc) is 2.71. The third-order valence-corrected chi connectivity index (χ3v) is 4.29. The van der Waals surface area contributed by atoms with Gasteiger partial charge >= 0.3 is 0 Å². The van der Waals surface area contributed by atoms with E-state index in [0.29, 0.717) is 10.0 Å². The van der Waals surface area contributed by atoms with Crippen LogP contribution < -0.4 is 10.2 Å². The number of nitrogens with zero attached hydrogens (tertiary/aromatic N) is 1. The molecule has 0 radical (unpaired) electrons. The molecule has 2 aromatic carbocycles. The average molecular weight is 317 g/mol. The summed E-state index contributed by atoms with van der Waals surface area (Å²) in [7, 11) is 1.87. The predicted molar refractivity (Wildman–Crippen MR) is 90.3 cm³/mol. The first-order valence-electron chi connectivity index (χ1n) is 6.51. The van der Waals surface area contributed by atoms with E-state index in [0.717, 1.165) is 16.9 Å². The highest BCUT2D eigenvalue weighted by Gasteiger charge is 2.37. The molecule has 3 nitrogen and oxygen atoms in total. The van der Waals surface area contributed by atoms with Gasteiger partial charge in [-0.2, -0.15) is 0 Å². The smallest absolute Gasteiger partial charge is 0.238 e. The van der Waals surface area contributed by atoms with Crippen LogP contribution in [0, 0.1) is 0 Å². The van der Waals surface area contributed by atoms with E-state index in [1.165, 1.54) is 0 Å². The molecule has 1 amide bonds. The number of carbonyl (C=O) groups is 1. The van der Waals surface area contributed by atoms with Crippen molar-refractivity contribution in [2.45, 2.75) is 5.92 Å². The van der Waals surface area contributed by atoms with E-state index >= 15 is 0 Å². The number of thiocarbonyl (C=S) groups is 1. The topological polar surface area (TPSA) is 32.3 Å². The van der Waals surface area contributed by atoms with Gasteiger partial charge in [0, 0.05) is 23.4 Å². The third kappa shape index (κ3) is 2.52. The molecule has 0 aliphatic carbocycles. The van der Waals surface area contributed by atoms with Crippen molar-refractivity contribution in [3.63, 3.8) is 0 Å². The van der Waals surface area contributed by atoms with Crippen LogP contribution in [0.1, 0.15) is 11.5 Å². The highest BCUT2D eigenvalue weighted by molar-refractivity contribution is 7.80. The van der Waals surface area contributed by atoms with Crippen molar-refractivity contribution in [1.29, 1.82) is 0 Å². The summed E-state index contributed by atoms with van der Waals surface area (Å²) in [5.74, 6) is -0.627. The molecule has 0 spiro atoms. The summed E-state index contributed by atoms with van der Waals surface area (Å²) in [6, 6.07) is 14.8. The summed E-state index contributed by atoms with van der Waals surface area (Å²) >= 11 is 11.5. The molecular weight excluding hydrogens is 304 g/mol. The molecule has 1 unspecified atom stereocenters. The SMILES string of the molecule is CN1C(=S)C(C(=O)Nc2ccccc2)c2cc(Cl)ccc21. The van der Waals surface area contributed by atoms with Crippen molar-refractivity contribution < 1.29 is 4.79 Å². The molecule has 0 fully saturated rings. The van der Waals surface area contributed by atoms with Crippen molar-refractivity contribution in [2.24, 2.45) is 0 Å². The maximum Gasteiger partial charge on any atom is 0.238 e. The van der Waals surface area contributed by atoms with Crippen molar-refractivity contribution in [3.8, 4) is 0 Å². The lowest BCUT2D eigenvalue weighted by atomic mass is 10.0. The molecule has 0 bridgehead atoms. The molecule has 3 rings (SSSR count). The van der Waals surface area contributed by atoms with E-state index in [9.17, 15) is 4.79 Å². The largest absolute Gasteiger partial charge is 0.338 e. The number of hydrogen-bond donors (Lipinski definition) is 1. The predicted octanol–water partition coefficient (Wildman–Crippen LogP) is 3.84. The van der Waals surface area contributed by atoms with Crippen LogP contribution >= 0.6 is 23.8 Å². The number of fused-ring (bicyclic) bond motifs is 1. The number of benzene rings is 2. The first kappa shape index (κ1) is 14.0. The second kappa shape index (κ2) is 5.47. The third-order valence-electron chi connectivity index (χ3n) is 3.54. The fourth-order valence-corrected chi connectivity index (χ4v) is 3.01. The number of para-hydroxylation sites is 1. The van der Waals surface area contributed by atoms with Crippen molar-refractivity contribution in [2.75, 3.05) is 17.3 Å². The van der Waals surface area contributed by atoms with Crippen molar-refractivity contribution >= 4 is 46.1 Å². The van der Waals surface area contributed by atoms with Gasteiger partial charge in [-0.05, 0) is 35.9 Å². The van der Waals surface area contributed by atoms with Gasteiger partial charge in [0.05, 0.1) is 4.99 Å². The Morgan fingerprint density at radius 3 is 2.67 bits per heavy atom. The number of hydrogen-bond acceptors (Lipinski definition) is 2. The Kier molecular flexibility index (Phi) is 3.66. The number of nitrogens with one attached hydrogen (secondary N) is 1. The maximum absolute atomic E-state index is 12.6. The number of halogens is 1. The van der Waals surface area contributed by atoms with Gasteiger partial charge in [-0.25, -0.2) is 0 Å². The van der Waals surface area contributed by atoms with E-state index in [1.807, 2.05) is 54.4 Å². The zero-order valence-electron chi connectivity index (χ0n) is 11.3. The Morgan fingerprint density at radius 1 is 1.24 bits per heavy atom. The number of likely N-dealkylation sites (N-methyl/N-ethyl adjacent to an activating group) is 1. The molecule has 1 N–H and O–H groups in total. The maximum atomic E-state index is 12.6. The number of rotatable bonds is 2. The van der Waals surface area contributed by atoms with Gasteiger partial charge < -0.3 is 10.2 Å². The summed E-state index contributed by atoms with van der Waals surface area (Å²) in [5, 5.41) is 3.50. The second-order valence-electron chi connectivity index (χ2n) is 4.89. The van der Waals surface area contributed by atoms with Crippen molar-refractivity contribution in [1.82, 2.24) is 0 Å². The molecule has 106 valence electrons. The molecule has 1 aliphatic heterocycles. The van der Waals surface area contributed by atoms with Gasteiger partial charge in [0.1, 0.15) is 5.92 Å². The molecule has 21 heavy (non-hydrogen) atoms. The van der Waals surface area contributed by atoms with Gasteiger partial charge in [-0.3, -0.25) is 4.79 Å². The number of anilines is 2. The molecule has 0 saturated heterocycles. The van der Waals surface area contributed by atoms with Gasteiger partial charge in [0.15, 0.2) is 0 Å². The quantitative estimate of drug-likeness (QED) is 0.854. The first-order chi connectivity index (χ1) is 10.1. The van der Waals surface area contributed by atoms with Gasteiger partial charge in [0.2, 0.25) is 5.91 Å². The van der Waals surface area contributed by atoms with E-state index in [-0.39, 0.29) is 5.91 Å². The minimum atomic E-state index is -0.487. The number of carbonyl (C=O) groups excluding carboxylic acids is 1. The van der Waals surface area contributed by atoms with Crippen LogP contribution in [0.15, 0.2) is 48.5 Å². The Labute approximate surface area is 133 Å². The monoisotopic (exact) mass is 316 g/mol. The second-order valence-corrected chi connectivity index (χ2v) is 5.74. The fraction of sp³-hybridized carbons (Fsp3) is 0.125. The van der Waals surface area contributed by atoms with E-state index in [4.69, 9.17) is 23.8 Å². The molecule has 1 aliphatic rings. The lowest BCUT2D eigenvalue weighted by molar-refractivity contribution is -0.116. The first-order valence-corrected chi connectivity index (χ1v) is 7.29. The van der Waals surface area contributed by atoms with Gasteiger partial charge in [0.25, 0.3) is 0 Å². The lowest BCUT2D eigenvalue weighted by Crippen LogP contribution is -2.30. The normalized spacial score (nSPS) is 16.8. The molecule has 0 aromatic heterocycles. The zero-order chi connectivity index (χ0) is 15.0. The van der Waals surface area contributed by atoms with E-state index in [1.54, 1.807) is 6.07 Å². The molecular formula is C16H13ClN2OS. The standard InChI is InChI=1S/C16H13ClN2OS/c1-19-13-8-7-10(17)9-12(13)14(16(19)21)15(20)18-11-5-3-2-4-6-11/h2-9,14H,1H3,(H,18,20). The Balaban J connectivity index is 1.94. The van der Waals surface area contributed by atoms with Gasteiger partial charge in [-0.15, -0.1) is 0 Å². The van der Waals surface area contributed by atoms with Crippen LogP contribution in [0.3, 0.4) is 0 Å². The molecule has 5 heteroatoms. The van der Waals surface area contributed by atoms with E-state index in [2.05, 4.69) is 5.32 Å². The number of amides is 1. The molecule has 1 atom stereocenters. The van der Waals surface area contributed by atoms with Gasteiger partial charge in [-0.1, -0.05) is 42.0 Å². The minimum Gasteiger partial charge on any atom is -0.338 e. The highest BCUT2D eigenvalue weighted by atomic mass is 35.5. The van der Waals surface area contributed by atoms with Crippen LogP contribution in [0.5, 0.6) is 0 Å². The molecule has 1 heterocycles. The summed E-state index contributed by atoms with van der Waals surface area (Å²) < 4.78 is 0. The Morgan fingerprint density at radius 2 is 1.95 bits per heavy atom. The van der Waals surface area contributed by atoms with Crippen LogP contribution in [-0.4, -0.2) is 17.9 Å². The lowest BCUT2D eigenvalue weighted by Gasteiger charge is -2.14. The zero-order valence-corrected chi connectivity index (χ0v) is 12.9. The van der Waals surface area contributed by atoms with Crippen molar-refractivity contribution in [3.05, 3.63) is 59.1 Å². The summed E-state index contributed by atoms with van der Waals surface area (Å²) in [4.78, 5) is 15.0. The van der Waals surface area contributed by atoms with Crippen LogP contribution in [0.25, 0.3) is 0 Å². The Bertz CT molecular complexity index is 717. The van der Waals surface area contributed by atoms with Crippen LogP contribution in [0.2, 0.25) is 5.02 Å². The van der Waals surface area contributed by atoms with E-state index < -0.39 is 5.92 Å². The summed E-state index contributed by atoms with van der Waals surface area (Å²) in [6.07, 6.45) is 0. The van der Waals surface area contributed by atoms with Crippen LogP contribution in [-0.2, 0) is 4.79 Å². The van der Waals surface area contributed by atoms with Crippen LogP contribution in [0.4, 0.5) is 11.4 Å². The fourth-order valence-electron chi connectivity index (χ4n) is 2.50. The summed E-state index contributed by atoms with van der Waals surface area (Å²) in [6.45, 7) is 0. The Hall–Kier alpha value is -1.91. The molecule has 2 aromatic rings. The summed E-state index contributed by atoms with van der Waals surface area (Å²) in [5.41, 5.74) is 2.53.